The van der Waals surface area contributed by atoms with Gasteiger partial charge in [0, 0.05) is 12.1 Å². The Labute approximate surface area is 122 Å². The summed E-state index contributed by atoms with van der Waals surface area (Å²) in [5.41, 5.74) is 0.974. The summed E-state index contributed by atoms with van der Waals surface area (Å²) in [4.78, 5) is 16.3. The second-order valence-corrected chi connectivity index (χ2v) is 6.92. The molecule has 1 aromatic rings. The van der Waals surface area contributed by atoms with Gasteiger partial charge in [0.1, 0.15) is 0 Å². The number of halogens is 1. The van der Waals surface area contributed by atoms with Crippen molar-refractivity contribution < 1.29 is 0 Å². The Hall–Kier alpha value is -0.430. The summed E-state index contributed by atoms with van der Waals surface area (Å²) in [5.74, 6) is 0.391. The normalized spacial score (nSPS) is 13.7. The van der Waals surface area contributed by atoms with Gasteiger partial charge in [0.2, 0.25) is 0 Å². The molecule has 0 saturated heterocycles. The van der Waals surface area contributed by atoms with Crippen LogP contribution in [0.3, 0.4) is 0 Å². The molecule has 0 aromatic carbocycles. The molecule has 1 aromatic heterocycles. The number of nitrogens with one attached hydrogen (secondary N) is 1. The van der Waals surface area contributed by atoms with Gasteiger partial charge in [-0.1, -0.05) is 6.92 Å². The highest BCUT2D eigenvalue weighted by molar-refractivity contribution is 14.1. The molecule has 5 heteroatoms. The zero-order chi connectivity index (χ0) is 13.9. The molecule has 0 radical (unpaired) electrons. The lowest BCUT2D eigenvalue weighted by Crippen LogP contribution is -2.40. The third kappa shape index (κ3) is 4.68. The highest BCUT2D eigenvalue weighted by Crippen LogP contribution is 2.05. The molecule has 4 nitrogen and oxygen atoms in total. The quantitative estimate of drug-likeness (QED) is 0.835. The Morgan fingerprint density at radius 1 is 1.50 bits per heavy atom. The molecule has 0 aliphatic carbocycles. The van der Waals surface area contributed by atoms with Crippen molar-refractivity contribution in [2.75, 3.05) is 6.54 Å². The molecule has 0 amide bonds. The highest BCUT2D eigenvalue weighted by Gasteiger charge is 2.13. The van der Waals surface area contributed by atoms with E-state index < -0.39 is 0 Å². The van der Waals surface area contributed by atoms with E-state index in [1.165, 1.54) is 0 Å². The van der Waals surface area contributed by atoms with Gasteiger partial charge in [-0.15, -0.1) is 0 Å². The minimum atomic E-state index is 0.0608. The van der Waals surface area contributed by atoms with E-state index >= 15 is 0 Å². The lowest BCUT2D eigenvalue weighted by atomic mass is 10.1. The maximum Gasteiger partial charge on any atom is 0.267 e. The van der Waals surface area contributed by atoms with Crippen LogP contribution in [0.25, 0.3) is 0 Å². The van der Waals surface area contributed by atoms with Gasteiger partial charge in [0.15, 0.2) is 0 Å². The van der Waals surface area contributed by atoms with Crippen molar-refractivity contribution in [2.45, 2.75) is 46.7 Å². The van der Waals surface area contributed by atoms with Gasteiger partial charge < -0.3 is 5.32 Å². The second-order valence-electron chi connectivity index (χ2n) is 5.84. The lowest BCUT2D eigenvalue weighted by molar-refractivity contribution is 0.356. The predicted octanol–water partition coefficient (Wildman–Crippen LogP) is 2.18. The molecule has 0 spiro atoms. The summed E-state index contributed by atoms with van der Waals surface area (Å²) in [6, 6.07) is 0. The molecular weight excluding hydrogens is 341 g/mol. The Morgan fingerprint density at radius 3 is 2.67 bits per heavy atom. The Kier molecular flexibility index (Phi) is 5.33. The maximum absolute atomic E-state index is 12.0. The minimum absolute atomic E-state index is 0.0608. The topological polar surface area (TPSA) is 46.9 Å². The van der Waals surface area contributed by atoms with E-state index in [2.05, 4.69) is 60.6 Å². The highest BCUT2D eigenvalue weighted by atomic mass is 127. The monoisotopic (exact) mass is 363 g/mol. The molecule has 1 heterocycles. The molecule has 102 valence electrons. The van der Waals surface area contributed by atoms with E-state index in [-0.39, 0.29) is 11.1 Å². The molecule has 1 unspecified atom stereocenters. The van der Waals surface area contributed by atoms with Gasteiger partial charge in [-0.05, 0) is 62.7 Å². The van der Waals surface area contributed by atoms with E-state index in [1.807, 2.05) is 6.92 Å². The number of aryl methyl sites for hydroxylation is 1. The van der Waals surface area contributed by atoms with Crippen LogP contribution >= 0.6 is 22.6 Å². The standard InChI is InChI=1S/C13H22IN3O/c1-9(6-16-13(3,4)5)7-17-8-15-10(2)11(14)12(17)18/h8-9,16H,6-7H2,1-5H3. The van der Waals surface area contributed by atoms with E-state index in [1.54, 1.807) is 10.9 Å². The molecule has 1 rings (SSSR count). The van der Waals surface area contributed by atoms with E-state index in [0.717, 1.165) is 12.2 Å². The molecule has 0 fully saturated rings. The van der Waals surface area contributed by atoms with Crippen LogP contribution in [-0.4, -0.2) is 21.6 Å². The molecule has 0 aliphatic heterocycles. The molecular formula is C13H22IN3O. The van der Waals surface area contributed by atoms with Crippen molar-refractivity contribution in [1.29, 1.82) is 0 Å². The van der Waals surface area contributed by atoms with Gasteiger partial charge in [-0.2, -0.15) is 0 Å². The first-order valence-electron chi connectivity index (χ1n) is 6.17. The molecule has 0 aliphatic rings. The number of rotatable bonds is 4. The van der Waals surface area contributed by atoms with Gasteiger partial charge >= 0.3 is 0 Å². The van der Waals surface area contributed by atoms with Crippen LogP contribution in [-0.2, 0) is 6.54 Å². The summed E-state index contributed by atoms with van der Waals surface area (Å²) in [6.07, 6.45) is 1.65. The van der Waals surface area contributed by atoms with Crippen molar-refractivity contribution >= 4 is 22.6 Å². The lowest BCUT2D eigenvalue weighted by Gasteiger charge is -2.23. The van der Waals surface area contributed by atoms with Crippen LogP contribution in [0.5, 0.6) is 0 Å². The Morgan fingerprint density at radius 2 is 2.11 bits per heavy atom. The van der Waals surface area contributed by atoms with E-state index in [9.17, 15) is 4.79 Å². The zero-order valence-corrected chi connectivity index (χ0v) is 13.9. The van der Waals surface area contributed by atoms with Crippen molar-refractivity contribution in [3.05, 3.63) is 25.9 Å². The number of aromatic nitrogens is 2. The zero-order valence-electron chi connectivity index (χ0n) is 11.7. The van der Waals surface area contributed by atoms with Gasteiger partial charge in [-0.3, -0.25) is 9.36 Å². The fourth-order valence-electron chi connectivity index (χ4n) is 1.56. The van der Waals surface area contributed by atoms with Gasteiger partial charge in [-0.25, -0.2) is 4.98 Å². The van der Waals surface area contributed by atoms with Gasteiger partial charge in [0.25, 0.3) is 5.56 Å². The van der Waals surface area contributed by atoms with Crippen LogP contribution in [0.1, 0.15) is 33.4 Å². The average Bonchev–Trinajstić information content (AvgIpc) is 2.26. The maximum atomic E-state index is 12.0. The van der Waals surface area contributed by atoms with Crippen LogP contribution in [0.15, 0.2) is 11.1 Å². The first kappa shape index (κ1) is 15.6. The van der Waals surface area contributed by atoms with E-state index in [0.29, 0.717) is 16.0 Å². The predicted molar refractivity (Wildman–Crippen MR) is 82.9 cm³/mol. The summed E-state index contributed by atoms with van der Waals surface area (Å²) in [5, 5.41) is 3.45. The first-order valence-corrected chi connectivity index (χ1v) is 7.25. The Bertz CT molecular complexity index is 462. The van der Waals surface area contributed by atoms with Crippen LogP contribution in [0, 0.1) is 16.4 Å². The number of nitrogens with zero attached hydrogens (tertiary/aromatic N) is 2. The molecule has 1 N–H and O–H groups in total. The molecule has 18 heavy (non-hydrogen) atoms. The molecule has 0 bridgehead atoms. The summed E-state index contributed by atoms with van der Waals surface area (Å²) < 4.78 is 2.41. The van der Waals surface area contributed by atoms with Crippen LogP contribution in [0.4, 0.5) is 0 Å². The third-order valence-corrected chi connectivity index (χ3v) is 3.89. The Balaban J connectivity index is 2.68. The smallest absolute Gasteiger partial charge is 0.267 e. The minimum Gasteiger partial charge on any atom is -0.312 e. The summed E-state index contributed by atoms with van der Waals surface area (Å²) in [7, 11) is 0. The largest absolute Gasteiger partial charge is 0.312 e. The van der Waals surface area contributed by atoms with Crippen molar-refractivity contribution in [3.63, 3.8) is 0 Å². The molecule has 1 atom stereocenters. The van der Waals surface area contributed by atoms with Crippen molar-refractivity contribution in [1.82, 2.24) is 14.9 Å². The first-order chi connectivity index (χ1) is 8.20. The fourth-order valence-corrected chi connectivity index (χ4v) is 2.01. The second kappa shape index (κ2) is 6.14. The fraction of sp³-hybridized carbons (Fsp3) is 0.692. The van der Waals surface area contributed by atoms with E-state index in [4.69, 9.17) is 0 Å². The van der Waals surface area contributed by atoms with Crippen LogP contribution in [0.2, 0.25) is 0 Å². The van der Waals surface area contributed by atoms with Crippen LogP contribution < -0.4 is 10.9 Å². The molecule has 0 saturated carbocycles. The average molecular weight is 363 g/mol. The summed E-state index contributed by atoms with van der Waals surface area (Å²) in [6.45, 7) is 12.0. The van der Waals surface area contributed by atoms with Gasteiger partial charge in [0.05, 0.1) is 15.6 Å². The summed E-state index contributed by atoms with van der Waals surface area (Å²) >= 11 is 2.06. The van der Waals surface area contributed by atoms with Crippen molar-refractivity contribution in [2.24, 2.45) is 5.92 Å². The number of hydrogen-bond donors (Lipinski definition) is 1. The number of hydrogen-bond acceptors (Lipinski definition) is 3. The van der Waals surface area contributed by atoms with Crippen molar-refractivity contribution in [3.8, 4) is 0 Å². The SMILES string of the molecule is Cc1ncn(CC(C)CNC(C)(C)C)c(=O)c1I. The third-order valence-electron chi connectivity index (χ3n) is 2.65.